The molecular weight excluding hydrogens is 835 g/mol. The van der Waals surface area contributed by atoms with E-state index < -0.39 is 83.4 Å². The molecule has 2 aliphatic rings. The monoisotopic (exact) mass is 895 g/mol. The van der Waals surface area contributed by atoms with Gasteiger partial charge >= 0.3 is 0 Å². The number of fused-ring (bicyclic) bond motifs is 2. The Kier molecular flexibility index (Phi) is 15.3. The van der Waals surface area contributed by atoms with Crippen LogP contribution in [0.5, 0.6) is 0 Å². The summed E-state index contributed by atoms with van der Waals surface area (Å²) in [5, 5.41) is 15.6. The molecular formula is C52H61N7O7. The maximum Gasteiger partial charge on any atom is 0.246 e. The summed E-state index contributed by atoms with van der Waals surface area (Å²) in [6.45, 7) is 7.42. The van der Waals surface area contributed by atoms with Crippen molar-refractivity contribution in [1.29, 1.82) is 0 Å². The van der Waals surface area contributed by atoms with Gasteiger partial charge in [-0.25, -0.2) is 0 Å². The quantitative estimate of drug-likeness (QED) is 0.113. The number of amides is 6. The first-order valence-electron chi connectivity index (χ1n) is 22.9. The zero-order valence-corrected chi connectivity index (χ0v) is 38.1. The molecule has 5 aromatic rings. The number of nitrogens with one attached hydrogen (secondary N) is 6. The number of rotatable bonds is 11. The van der Waals surface area contributed by atoms with E-state index in [1.54, 1.807) is 13.1 Å². The summed E-state index contributed by atoms with van der Waals surface area (Å²) in [7, 11) is 0. The first-order chi connectivity index (χ1) is 31.7. The van der Waals surface area contributed by atoms with Gasteiger partial charge in [0.05, 0.1) is 11.7 Å². The number of aromatic amines is 1. The normalized spacial score (nSPS) is 23.1. The van der Waals surface area contributed by atoms with Crippen LogP contribution >= 0.6 is 0 Å². The largest absolute Gasteiger partial charge is 0.370 e. The number of carbonyl (C=O) groups is 6. The second kappa shape index (κ2) is 21.5. The smallest absolute Gasteiger partial charge is 0.246 e. The van der Waals surface area contributed by atoms with E-state index in [1.165, 1.54) is 4.90 Å². The number of para-hydroxylation sites is 1. The molecule has 6 N–H and O–H groups in total. The van der Waals surface area contributed by atoms with Gasteiger partial charge in [0.25, 0.3) is 0 Å². The Balaban J connectivity index is 1.30. The lowest BCUT2D eigenvalue weighted by Crippen LogP contribution is -2.63. The molecule has 0 spiro atoms. The van der Waals surface area contributed by atoms with E-state index >= 15 is 0 Å². The van der Waals surface area contributed by atoms with E-state index in [2.05, 4.69) is 31.6 Å². The SMILES string of the molecule is C[C@@H](OC(C)(C)C)[C@@H]1NC(=O)[C@H](CCc2ccccc2)NC(=O)[C@@H](Cc2c[nH]c3ccccc23)NC(=O)[C@H](Cc2ccccc2)NC(=O)[C@@H]2CCCN2C(=O)[C@H](Cc2ccccc2)NC1=O. The second-order valence-electron chi connectivity index (χ2n) is 18.3. The van der Waals surface area contributed by atoms with Crippen LogP contribution in [0.25, 0.3) is 10.9 Å². The summed E-state index contributed by atoms with van der Waals surface area (Å²) in [4.78, 5) is 93.0. The Bertz CT molecular complexity index is 2470. The number of H-pyrrole nitrogens is 1. The van der Waals surface area contributed by atoms with E-state index in [1.807, 2.05) is 136 Å². The highest BCUT2D eigenvalue weighted by Gasteiger charge is 2.42. The summed E-state index contributed by atoms with van der Waals surface area (Å²) >= 11 is 0. The minimum Gasteiger partial charge on any atom is -0.370 e. The number of benzene rings is 4. The second-order valence-corrected chi connectivity index (χ2v) is 18.3. The van der Waals surface area contributed by atoms with E-state index in [0.29, 0.717) is 19.3 Å². The van der Waals surface area contributed by atoms with Gasteiger partial charge in [0.15, 0.2) is 0 Å². The number of hydrogen-bond acceptors (Lipinski definition) is 7. The van der Waals surface area contributed by atoms with Crippen molar-refractivity contribution in [2.45, 2.75) is 121 Å². The van der Waals surface area contributed by atoms with Crippen LogP contribution in [0.2, 0.25) is 0 Å². The van der Waals surface area contributed by atoms with Crippen molar-refractivity contribution in [2.75, 3.05) is 6.54 Å². The average Bonchev–Trinajstić information content (AvgIpc) is 3.97. The standard InChI is InChI=1S/C52H61N7O7/c1-33(66-52(2,3)4)45-50(64)57-43(30-36-21-12-7-13-22-36)51(65)59-28-16-25-44(59)49(63)56-41(29-35-19-10-6-11-20-35)47(61)55-42(31-37-32-53-39-24-15-14-23-38(37)39)48(62)54-40(46(60)58-45)27-26-34-17-8-5-9-18-34/h5-15,17-24,32-33,40-45,53H,16,25-31H2,1-4H3,(H,54,62)(H,55,61)(H,56,63)(H,57,64)(H,58,60)/t33-,40+,41+,42-,43+,44+,45+/m1/s1. The van der Waals surface area contributed by atoms with E-state index in [0.717, 1.165) is 33.2 Å². The van der Waals surface area contributed by atoms with Crippen LogP contribution in [-0.2, 0) is 59.2 Å². The van der Waals surface area contributed by atoms with Crippen molar-refractivity contribution < 1.29 is 33.5 Å². The molecule has 2 saturated heterocycles. The first kappa shape index (κ1) is 47.2. The topological polar surface area (TPSA) is 191 Å². The number of hydrogen-bond donors (Lipinski definition) is 6. The number of ether oxygens (including phenoxy) is 1. The summed E-state index contributed by atoms with van der Waals surface area (Å²) in [5.74, 6) is -3.58. The molecule has 14 nitrogen and oxygen atoms in total. The van der Waals surface area contributed by atoms with Crippen molar-refractivity contribution in [1.82, 2.24) is 36.5 Å². The molecule has 0 unspecified atom stereocenters. The van der Waals surface area contributed by atoms with Crippen molar-refractivity contribution in [2.24, 2.45) is 0 Å². The van der Waals surface area contributed by atoms with Crippen LogP contribution in [0.15, 0.2) is 121 Å². The summed E-state index contributed by atoms with van der Waals surface area (Å²) in [6.07, 6.45) is 2.47. The molecule has 0 aliphatic carbocycles. The van der Waals surface area contributed by atoms with Gasteiger partial charge in [-0.15, -0.1) is 0 Å². The number of aromatic nitrogens is 1. The Morgan fingerprint density at radius 1 is 0.591 bits per heavy atom. The Labute approximate surface area is 386 Å². The van der Waals surface area contributed by atoms with Crippen LogP contribution in [0, 0.1) is 0 Å². The van der Waals surface area contributed by atoms with Gasteiger partial charge in [-0.2, -0.15) is 0 Å². The minimum absolute atomic E-state index is 0.0375. The molecule has 346 valence electrons. The molecule has 2 aliphatic heterocycles. The lowest BCUT2D eigenvalue weighted by molar-refractivity contribution is -0.144. The fraction of sp³-hybridized carbons (Fsp3) is 0.385. The summed E-state index contributed by atoms with van der Waals surface area (Å²) < 4.78 is 6.30. The third kappa shape index (κ3) is 12.3. The van der Waals surface area contributed by atoms with Crippen molar-refractivity contribution in [3.63, 3.8) is 0 Å². The highest BCUT2D eigenvalue weighted by atomic mass is 16.5. The van der Waals surface area contributed by atoms with Gasteiger partial charge in [0.1, 0.15) is 36.3 Å². The van der Waals surface area contributed by atoms with Crippen LogP contribution in [0.1, 0.15) is 69.2 Å². The molecule has 7 atom stereocenters. The molecule has 6 amide bonds. The minimum atomic E-state index is -1.32. The zero-order valence-electron chi connectivity index (χ0n) is 38.1. The van der Waals surface area contributed by atoms with Gasteiger partial charge in [0.2, 0.25) is 35.4 Å². The van der Waals surface area contributed by atoms with Crippen LogP contribution < -0.4 is 26.6 Å². The highest BCUT2D eigenvalue weighted by molar-refractivity contribution is 5.99. The molecule has 0 bridgehead atoms. The van der Waals surface area contributed by atoms with Crippen LogP contribution in [-0.4, -0.2) is 99.8 Å². The molecule has 0 radical (unpaired) electrons. The first-order valence-corrected chi connectivity index (χ1v) is 22.9. The van der Waals surface area contributed by atoms with Gasteiger partial charge in [-0.1, -0.05) is 109 Å². The molecule has 14 heteroatoms. The fourth-order valence-corrected chi connectivity index (χ4v) is 8.92. The average molecular weight is 896 g/mol. The molecule has 7 rings (SSSR count). The van der Waals surface area contributed by atoms with Crippen LogP contribution in [0.4, 0.5) is 0 Å². The van der Waals surface area contributed by atoms with Crippen molar-refractivity contribution >= 4 is 46.3 Å². The van der Waals surface area contributed by atoms with Gasteiger partial charge < -0.3 is 41.2 Å². The molecule has 0 saturated carbocycles. The van der Waals surface area contributed by atoms with Crippen LogP contribution in [0.3, 0.4) is 0 Å². The molecule has 2 fully saturated rings. The lowest BCUT2D eigenvalue weighted by atomic mass is 9.99. The third-order valence-corrected chi connectivity index (χ3v) is 12.2. The van der Waals surface area contributed by atoms with Crippen molar-refractivity contribution in [3.8, 4) is 0 Å². The van der Waals surface area contributed by atoms with Gasteiger partial charge in [-0.05, 0) is 81.7 Å². The van der Waals surface area contributed by atoms with Gasteiger partial charge in [0, 0.05) is 42.9 Å². The summed E-state index contributed by atoms with van der Waals surface area (Å²) in [6, 6.07) is 28.6. The Morgan fingerprint density at radius 2 is 1.11 bits per heavy atom. The maximum absolute atomic E-state index is 14.8. The fourth-order valence-electron chi connectivity index (χ4n) is 8.92. The van der Waals surface area contributed by atoms with E-state index in [4.69, 9.17) is 4.74 Å². The van der Waals surface area contributed by atoms with Gasteiger partial charge in [-0.3, -0.25) is 28.8 Å². The Hall–Kier alpha value is -6.80. The maximum atomic E-state index is 14.8. The molecule has 3 heterocycles. The van der Waals surface area contributed by atoms with E-state index in [9.17, 15) is 28.8 Å². The number of aryl methyl sites for hydroxylation is 1. The lowest BCUT2D eigenvalue weighted by Gasteiger charge is -2.34. The third-order valence-electron chi connectivity index (χ3n) is 12.2. The molecule has 4 aromatic carbocycles. The molecule has 1 aromatic heterocycles. The van der Waals surface area contributed by atoms with E-state index in [-0.39, 0.29) is 32.2 Å². The predicted molar refractivity (Wildman–Crippen MR) is 252 cm³/mol. The predicted octanol–water partition coefficient (Wildman–Crippen LogP) is 4.46. The van der Waals surface area contributed by atoms with Crippen molar-refractivity contribution in [3.05, 3.63) is 144 Å². The summed E-state index contributed by atoms with van der Waals surface area (Å²) in [5.41, 5.74) is 3.30. The Morgan fingerprint density at radius 3 is 1.74 bits per heavy atom. The number of nitrogens with zero attached hydrogens (tertiary/aromatic N) is 1. The number of carbonyl (C=O) groups excluding carboxylic acids is 6. The highest BCUT2D eigenvalue weighted by Crippen LogP contribution is 2.23. The molecule has 66 heavy (non-hydrogen) atoms. The zero-order chi connectivity index (χ0) is 46.8.